The number of carbonyl (C=O) groups is 2. The Kier molecular flexibility index (Phi) is 3.64. The van der Waals surface area contributed by atoms with Crippen LogP contribution in [0.4, 0.5) is 0 Å². The standard InChI is InChI=1S/C13H13NO2S/c1-9(10-5-3-2-4-6-10)12(15)14-11-7-8-17-13(11)16/h2-9,11H,1H3,(H,14,15). The largest absolute Gasteiger partial charge is 0.341 e. The Hall–Kier alpha value is -1.55. The highest BCUT2D eigenvalue weighted by molar-refractivity contribution is 8.16. The molecule has 1 amide bonds. The van der Waals surface area contributed by atoms with E-state index in [1.54, 1.807) is 11.5 Å². The maximum absolute atomic E-state index is 11.9. The molecule has 0 aromatic heterocycles. The number of hydrogen-bond donors (Lipinski definition) is 1. The van der Waals surface area contributed by atoms with Crippen LogP contribution < -0.4 is 5.32 Å². The van der Waals surface area contributed by atoms with Crippen molar-refractivity contribution in [3.8, 4) is 0 Å². The van der Waals surface area contributed by atoms with E-state index in [0.29, 0.717) is 0 Å². The average Bonchev–Trinajstić information content (AvgIpc) is 2.75. The summed E-state index contributed by atoms with van der Waals surface area (Å²) in [5.41, 5.74) is 0.951. The molecule has 0 fully saturated rings. The van der Waals surface area contributed by atoms with Crippen LogP contribution in [0.2, 0.25) is 0 Å². The molecule has 3 nitrogen and oxygen atoms in total. The topological polar surface area (TPSA) is 46.2 Å². The molecule has 2 unspecified atom stereocenters. The first-order valence-corrected chi connectivity index (χ1v) is 6.29. The third-order valence-corrected chi connectivity index (χ3v) is 3.48. The van der Waals surface area contributed by atoms with E-state index in [-0.39, 0.29) is 16.9 Å². The lowest BCUT2D eigenvalue weighted by Crippen LogP contribution is -2.38. The van der Waals surface area contributed by atoms with E-state index < -0.39 is 6.04 Å². The van der Waals surface area contributed by atoms with Gasteiger partial charge in [0.15, 0.2) is 0 Å². The van der Waals surface area contributed by atoms with Crippen molar-refractivity contribution in [2.45, 2.75) is 18.9 Å². The molecule has 2 atom stereocenters. The van der Waals surface area contributed by atoms with Crippen LogP contribution in [0.1, 0.15) is 18.4 Å². The fourth-order valence-corrected chi connectivity index (χ4v) is 2.27. The lowest BCUT2D eigenvalue weighted by Gasteiger charge is -2.14. The number of carbonyl (C=O) groups excluding carboxylic acids is 2. The van der Waals surface area contributed by atoms with Crippen molar-refractivity contribution in [2.75, 3.05) is 0 Å². The van der Waals surface area contributed by atoms with E-state index in [4.69, 9.17) is 0 Å². The third kappa shape index (κ3) is 2.77. The second kappa shape index (κ2) is 5.19. The van der Waals surface area contributed by atoms with E-state index in [0.717, 1.165) is 17.3 Å². The smallest absolute Gasteiger partial charge is 0.228 e. The maximum atomic E-state index is 11.9. The molecule has 0 saturated heterocycles. The summed E-state index contributed by atoms with van der Waals surface area (Å²) in [4.78, 5) is 23.3. The SMILES string of the molecule is CC(C(=O)NC1C=CSC1=O)c1ccccc1. The van der Waals surface area contributed by atoms with Gasteiger partial charge in [-0.05, 0) is 24.0 Å². The predicted molar refractivity (Wildman–Crippen MR) is 68.5 cm³/mol. The molecule has 1 aliphatic heterocycles. The number of rotatable bonds is 3. The second-order valence-electron chi connectivity index (χ2n) is 3.88. The minimum atomic E-state index is -0.473. The van der Waals surface area contributed by atoms with Gasteiger partial charge < -0.3 is 5.32 Å². The molecule has 1 aromatic rings. The molecule has 4 heteroatoms. The summed E-state index contributed by atoms with van der Waals surface area (Å²) in [6.07, 6.45) is 1.71. The quantitative estimate of drug-likeness (QED) is 0.889. The minimum absolute atomic E-state index is 0.0291. The van der Waals surface area contributed by atoms with Gasteiger partial charge in [-0.2, -0.15) is 0 Å². The molecular formula is C13H13NO2S. The summed E-state index contributed by atoms with van der Waals surface area (Å²) < 4.78 is 0. The van der Waals surface area contributed by atoms with Crippen molar-refractivity contribution in [3.05, 3.63) is 47.4 Å². The highest BCUT2D eigenvalue weighted by Gasteiger charge is 2.24. The Morgan fingerprint density at radius 3 is 2.65 bits per heavy atom. The molecule has 0 bridgehead atoms. The van der Waals surface area contributed by atoms with Crippen LogP contribution in [0.25, 0.3) is 0 Å². The first-order chi connectivity index (χ1) is 8.18. The van der Waals surface area contributed by atoms with Crippen molar-refractivity contribution < 1.29 is 9.59 Å². The van der Waals surface area contributed by atoms with E-state index in [1.807, 2.05) is 37.3 Å². The lowest BCUT2D eigenvalue weighted by atomic mass is 10.0. The van der Waals surface area contributed by atoms with Crippen LogP contribution in [0, 0.1) is 0 Å². The number of benzene rings is 1. The molecule has 1 heterocycles. The van der Waals surface area contributed by atoms with Gasteiger partial charge in [-0.15, -0.1) is 0 Å². The molecular weight excluding hydrogens is 234 g/mol. The lowest BCUT2D eigenvalue weighted by molar-refractivity contribution is -0.124. The van der Waals surface area contributed by atoms with Gasteiger partial charge in [0.2, 0.25) is 11.0 Å². The molecule has 1 aliphatic rings. The van der Waals surface area contributed by atoms with E-state index in [9.17, 15) is 9.59 Å². The molecule has 0 spiro atoms. The Morgan fingerprint density at radius 1 is 1.35 bits per heavy atom. The maximum Gasteiger partial charge on any atom is 0.228 e. The van der Waals surface area contributed by atoms with Crippen molar-refractivity contribution in [2.24, 2.45) is 0 Å². The summed E-state index contributed by atoms with van der Waals surface area (Å²) >= 11 is 1.12. The Morgan fingerprint density at radius 2 is 2.06 bits per heavy atom. The molecule has 0 saturated carbocycles. The number of nitrogens with one attached hydrogen (secondary N) is 1. The monoisotopic (exact) mass is 247 g/mol. The van der Waals surface area contributed by atoms with Crippen molar-refractivity contribution in [3.63, 3.8) is 0 Å². The van der Waals surface area contributed by atoms with E-state index in [2.05, 4.69) is 5.32 Å². The van der Waals surface area contributed by atoms with Crippen LogP contribution in [-0.4, -0.2) is 17.1 Å². The highest BCUT2D eigenvalue weighted by atomic mass is 32.2. The first-order valence-electron chi connectivity index (χ1n) is 5.41. The zero-order valence-electron chi connectivity index (χ0n) is 9.42. The van der Waals surface area contributed by atoms with Crippen molar-refractivity contribution >= 4 is 22.8 Å². The molecule has 88 valence electrons. The Bertz CT molecular complexity index is 456. The van der Waals surface area contributed by atoms with Gasteiger partial charge in [0.05, 0.1) is 5.92 Å². The molecule has 2 rings (SSSR count). The van der Waals surface area contributed by atoms with Crippen LogP contribution in [0.5, 0.6) is 0 Å². The average molecular weight is 247 g/mol. The van der Waals surface area contributed by atoms with E-state index >= 15 is 0 Å². The molecule has 0 radical (unpaired) electrons. The van der Waals surface area contributed by atoms with Crippen LogP contribution in [0.3, 0.4) is 0 Å². The molecule has 0 aliphatic carbocycles. The summed E-state index contributed by atoms with van der Waals surface area (Å²) in [5.74, 6) is -0.371. The zero-order chi connectivity index (χ0) is 12.3. The summed E-state index contributed by atoms with van der Waals surface area (Å²) in [6.45, 7) is 1.83. The van der Waals surface area contributed by atoms with Crippen LogP contribution >= 0.6 is 11.8 Å². The Balaban J connectivity index is 2.01. The van der Waals surface area contributed by atoms with Crippen LogP contribution in [0.15, 0.2) is 41.8 Å². The van der Waals surface area contributed by atoms with Gasteiger partial charge >= 0.3 is 0 Å². The minimum Gasteiger partial charge on any atom is -0.341 e. The summed E-state index contributed by atoms with van der Waals surface area (Å²) in [6, 6.07) is 9.05. The fourth-order valence-electron chi connectivity index (χ4n) is 1.62. The van der Waals surface area contributed by atoms with E-state index in [1.165, 1.54) is 0 Å². The molecule has 17 heavy (non-hydrogen) atoms. The fraction of sp³-hybridized carbons (Fsp3) is 0.231. The number of amides is 1. The first kappa shape index (κ1) is 11.9. The van der Waals surface area contributed by atoms with Gasteiger partial charge in [-0.25, -0.2) is 0 Å². The summed E-state index contributed by atoms with van der Waals surface area (Å²) in [7, 11) is 0. The van der Waals surface area contributed by atoms with Gasteiger partial charge in [0, 0.05) is 0 Å². The van der Waals surface area contributed by atoms with Gasteiger partial charge in [-0.1, -0.05) is 42.1 Å². The number of thioether (sulfide) groups is 1. The van der Waals surface area contributed by atoms with Crippen molar-refractivity contribution in [1.82, 2.24) is 5.32 Å². The Labute approximate surface area is 104 Å². The molecule has 1 N–H and O–H groups in total. The van der Waals surface area contributed by atoms with Gasteiger partial charge in [-0.3, -0.25) is 9.59 Å². The predicted octanol–water partition coefficient (Wildman–Crippen LogP) is 2.06. The van der Waals surface area contributed by atoms with Gasteiger partial charge in [0.25, 0.3) is 0 Å². The normalized spacial score (nSPS) is 20.3. The summed E-state index contributed by atoms with van der Waals surface area (Å²) in [5, 5.41) is 4.41. The molecule has 1 aromatic carbocycles. The third-order valence-electron chi connectivity index (χ3n) is 2.70. The van der Waals surface area contributed by atoms with Gasteiger partial charge in [0.1, 0.15) is 6.04 Å². The second-order valence-corrected chi connectivity index (χ2v) is 4.79. The van der Waals surface area contributed by atoms with Crippen molar-refractivity contribution in [1.29, 1.82) is 0 Å². The van der Waals surface area contributed by atoms with Crippen LogP contribution in [-0.2, 0) is 9.59 Å². The zero-order valence-corrected chi connectivity index (χ0v) is 10.2. The highest BCUT2D eigenvalue weighted by Crippen LogP contribution is 2.19. The number of hydrogen-bond acceptors (Lipinski definition) is 3.